The van der Waals surface area contributed by atoms with Crippen LogP contribution >= 0.6 is 7.82 Å². The first-order chi connectivity index (χ1) is 17.5. The fraction of sp³-hybridized carbons (Fsp3) is 0.750. The van der Waals surface area contributed by atoms with Crippen LogP contribution in [0.25, 0.3) is 0 Å². The van der Waals surface area contributed by atoms with E-state index in [4.69, 9.17) is 9.05 Å². The average Bonchev–Trinajstić information content (AvgIpc) is 2.82. The molecule has 1 amide bonds. The second kappa shape index (κ2) is 21.6. The van der Waals surface area contributed by atoms with Crippen molar-refractivity contribution in [2.45, 2.75) is 96.6 Å². The fourth-order valence-electron chi connectivity index (χ4n) is 3.27. The van der Waals surface area contributed by atoms with Gasteiger partial charge in [-0.2, -0.15) is 0 Å². The molecule has 0 aromatic rings. The molecule has 0 aliphatic rings. The van der Waals surface area contributed by atoms with Crippen molar-refractivity contribution in [1.82, 2.24) is 5.32 Å². The highest BCUT2D eigenvalue weighted by molar-refractivity contribution is 7.47. The van der Waals surface area contributed by atoms with Crippen LogP contribution in [-0.2, 0) is 18.4 Å². The number of nitrogens with one attached hydrogen (secondary N) is 1. The lowest BCUT2D eigenvalue weighted by Crippen LogP contribution is -2.45. The molecule has 0 radical (unpaired) electrons. The highest BCUT2D eigenvalue weighted by atomic mass is 31.2. The predicted octanol–water partition coefficient (Wildman–Crippen LogP) is 5.67. The van der Waals surface area contributed by atoms with Crippen molar-refractivity contribution < 1.29 is 32.9 Å². The first-order valence-corrected chi connectivity index (χ1v) is 15.4. The standard InChI is InChI=1S/C28H53N2O6P/c1-6-8-9-10-11-12-13-14-15-16-17-18-19-20-21-22-27(31)26(29-28(32)7-2)25-36-37(33,34)35-24-23-30(3,4)5/h13-14,17-18,21-22,26-27,31H,6-12,15-16,19-20,23-25H2,1-5H3,(H-,29,32,33,34)/p+1/b14-13+,18-17+,22-21+. The molecule has 0 aromatic carbocycles. The van der Waals surface area contributed by atoms with Gasteiger partial charge in [-0.1, -0.05) is 76.0 Å². The number of likely N-dealkylation sites (N-methyl/N-ethyl adjacent to an activating group) is 1. The van der Waals surface area contributed by atoms with Gasteiger partial charge in [0.25, 0.3) is 0 Å². The van der Waals surface area contributed by atoms with E-state index >= 15 is 0 Å². The van der Waals surface area contributed by atoms with Gasteiger partial charge in [0.2, 0.25) is 5.91 Å². The number of carbonyl (C=O) groups is 1. The highest BCUT2D eigenvalue weighted by Crippen LogP contribution is 2.43. The maximum absolute atomic E-state index is 12.2. The summed E-state index contributed by atoms with van der Waals surface area (Å²) in [6.45, 7) is 4.16. The molecular formula is C28H54N2O6P+. The summed E-state index contributed by atoms with van der Waals surface area (Å²) in [6, 6.07) is -0.861. The van der Waals surface area contributed by atoms with Crippen LogP contribution in [0.5, 0.6) is 0 Å². The number of unbranched alkanes of at least 4 members (excludes halogenated alkanes) is 7. The van der Waals surface area contributed by atoms with E-state index in [-0.39, 0.29) is 25.5 Å². The molecular weight excluding hydrogens is 491 g/mol. The quantitative estimate of drug-likeness (QED) is 0.0661. The van der Waals surface area contributed by atoms with Gasteiger partial charge >= 0.3 is 7.82 Å². The zero-order chi connectivity index (χ0) is 28.0. The normalized spacial score (nSPS) is 16.0. The van der Waals surface area contributed by atoms with Crippen molar-refractivity contribution in [3.05, 3.63) is 36.5 Å². The third-order valence-corrected chi connectivity index (χ3v) is 6.64. The minimum absolute atomic E-state index is 0.0502. The molecule has 0 aliphatic heterocycles. The molecule has 0 bridgehead atoms. The Morgan fingerprint density at radius 3 is 2.03 bits per heavy atom. The first-order valence-electron chi connectivity index (χ1n) is 13.9. The molecule has 0 saturated heterocycles. The van der Waals surface area contributed by atoms with Crippen molar-refractivity contribution in [3.8, 4) is 0 Å². The van der Waals surface area contributed by atoms with Crippen LogP contribution in [0.3, 0.4) is 0 Å². The number of hydrogen-bond donors (Lipinski definition) is 3. The van der Waals surface area contributed by atoms with Crippen molar-refractivity contribution in [3.63, 3.8) is 0 Å². The first kappa shape index (κ1) is 35.7. The van der Waals surface area contributed by atoms with Gasteiger partial charge in [-0.05, 0) is 38.5 Å². The molecule has 0 fully saturated rings. The van der Waals surface area contributed by atoms with Crippen molar-refractivity contribution >= 4 is 13.7 Å². The van der Waals surface area contributed by atoms with E-state index in [2.05, 4.69) is 36.5 Å². The summed E-state index contributed by atoms with van der Waals surface area (Å²) in [5.41, 5.74) is 0. The number of aliphatic hydroxyl groups excluding tert-OH is 1. The van der Waals surface area contributed by atoms with E-state index in [1.165, 1.54) is 38.5 Å². The van der Waals surface area contributed by atoms with Crippen LogP contribution in [0.2, 0.25) is 0 Å². The van der Waals surface area contributed by atoms with E-state index in [0.29, 0.717) is 11.0 Å². The molecule has 0 heterocycles. The maximum Gasteiger partial charge on any atom is 0.472 e. The van der Waals surface area contributed by atoms with Crippen molar-refractivity contribution in [2.24, 2.45) is 0 Å². The molecule has 9 heteroatoms. The minimum atomic E-state index is -4.30. The number of hydrogen-bond acceptors (Lipinski definition) is 5. The van der Waals surface area contributed by atoms with Crippen molar-refractivity contribution in [1.29, 1.82) is 0 Å². The van der Waals surface area contributed by atoms with Crippen LogP contribution in [0, 0.1) is 0 Å². The third kappa shape index (κ3) is 23.6. The van der Waals surface area contributed by atoms with Gasteiger partial charge in [-0.15, -0.1) is 0 Å². The van der Waals surface area contributed by atoms with Gasteiger partial charge in [0.15, 0.2) is 0 Å². The number of rotatable bonds is 23. The summed E-state index contributed by atoms with van der Waals surface area (Å²) in [4.78, 5) is 21.8. The number of nitrogens with zero attached hydrogens (tertiary/aromatic N) is 1. The van der Waals surface area contributed by atoms with Gasteiger partial charge in [0, 0.05) is 6.42 Å². The summed E-state index contributed by atoms with van der Waals surface area (Å²) in [7, 11) is 1.53. The summed E-state index contributed by atoms with van der Waals surface area (Å²) in [5, 5.41) is 13.2. The Bertz CT molecular complexity index is 718. The average molecular weight is 546 g/mol. The molecule has 0 saturated carbocycles. The van der Waals surface area contributed by atoms with Crippen LogP contribution in [0.4, 0.5) is 0 Å². The zero-order valence-corrected chi connectivity index (χ0v) is 24.8. The van der Waals surface area contributed by atoms with Crippen LogP contribution < -0.4 is 5.32 Å². The monoisotopic (exact) mass is 545 g/mol. The molecule has 0 aromatic heterocycles. The van der Waals surface area contributed by atoms with Gasteiger partial charge in [-0.3, -0.25) is 13.8 Å². The lowest BCUT2D eigenvalue weighted by atomic mass is 10.1. The Labute approximate surface area is 226 Å². The van der Waals surface area contributed by atoms with Crippen molar-refractivity contribution in [2.75, 3.05) is 40.9 Å². The number of phosphoric ester groups is 1. The number of carbonyl (C=O) groups excluding carboxylic acids is 1. The molecule has 3 unspecified atom stereocenters. The number of quaternary nitrogens is 1. The van der Waals surface area contributed by atoms with Gasteiger partial charge in [0.05, 0.1) is 39.9 Å². The minimum Gasteiger partial charge on any atom is -0.387 e. The van der Waals surface area contributed by atoms with Crippen LogP contribution in [0.1, 0.15) is 84.5 Å². The Kier molecular flexibility index (Phi) is 20.9. The summed E-state index contributed by atoms with van der Waals surface area (Å²) in [5.74, 6) is -0.284. The molecule has 0 spiro atoms. The van der Waals surface area contributed by atoms with Crippen LogP contribution in [-0.4, -0.2) is 73.4 Å². The molecule has 216 valence electrons. The Hall–Kier alpha value is -1.28. The lowest BCUT2D eigenvalue weighted by molar-refractivity contribution is -0.870. The topological polar surface area (TPSA) is 105 Å². The highest BCUT2D eigenvalue weighted by Gasteiger charge is 2.27. The second-order valence-electron chi connectivity index (χ2n) is 10.4. The molecule has 0 rings (SSSR count). The lowest BCUT2D eigenvalue weighted by Gasteiger charge is -2.25. The smallest absolute Gasteiger partial charge is 0.387 e. The van der Waals surface area contributed by atoms with E-state index in [1.807, 2.05) is 27.2 Å². The van der Waals surface area contributed by atoms with E-state index in [9.17, 15) is 19.4 Å². The largest absolute Gasteiger partial charge is 0.472 e. The summed E-state index contributed by atoms with van der Waals surface area (Å²) in [6.07, 6.45) is 22.8. The maximum atomic E-state index is 12.2. The molecule has 8 nitrogen and oxygen atoms in total. The molecule has 0 aliphatic carbocycles. The van der Waals surface area contributed by atoms with E-state index < -0.39 is 20.0 Å². The number of amides is 1. The summed E-state index contributed by atoms with van der Waals surface area (Å²) >= 11 is 0. The van der Waals surface area contributed by atoms with Gasteiger partial charge in [-0.25, -0.2) is 4.57 Å². The van der Waals surface area contributed by atoms with Crippen LogP contribution in [0.15, 0.2) is 36.5 Å². The fourth-order valence-corrected chi connectivity index (χ4v) is 4.00. The molecule has 3 N–H and O–H groups in total. The number of aliphatic hydroxyl groups is 1. The van der Waals surface area contributed by atoms with E-state index in [1.54, 1.807) is 13.0 Å². The van der Waals surface area contributed by atoms with Gasteiger partial charge < -0.3 is 19.8 Å². The second-order valence-corrected chi connectivity index (χ2v) is 11.8. The predicted molar refractivity (Wildman–Crippen MR) is 152 cm³/mol. The SMILES string of the molecule is CCCCCCC/C=C/CC/C=C/CC/C=C/C(O)C(COP(=O)(O)OCC[N+](C)(C)C)NC(=O)CC. The van der Waals surface area contributed by atoms with E-state index in [0.717, 1.165) is 25.7 Å². The number of allylic oxidation sites excluding steroid dienone is 5. The Balaban J connectivity index is 4.35. The number of phosphoric acid groups is 1. The van der Waals surface area contributed by atoms with Gasteiger partial charge in [0.1, 0.15) is 13.2 Å². The molecule has 3 atom stereocenters. The Morgan fingerprint density at radius 1 is 0.892 bits per heavy atom. The molecule has 37 heavy (non-hydrogen) atoms. The summed E-state index contributed by atoms with van der Waals surface area (Å²) < 4.78 is 22.8. The zero-order valence-electron chi connectivity index (χ0n) is 23.9. The third-order valence-electron chi connectivity index (χ3n) is 5.65. The Morgan fingerprint density at radius 2 is 1.46 bits per heavy atom.